The summed E-state index contributed by atoms with van der Waals surface area (Å²) in [7, 11) is -0.433. The first-order valence-electron chi connectivity index (χ1n) is 8.95. The van der Waals surface area contributed by atoms with E-state index in [1.807, 2.05) is 31.2 Å². The Balaban J connectivity index is 1.75. The van der Waals surface area contributed by atoms with Crippen molar-refractivity contribution in [2.24, 2.45) is 0 Å². The van der Waals surface area contributed by atoms with Crippen molar-refractivity contribution in [3.63, 3.8) is 0 Å². The fraction of sp³-hybridized carbons (Fsp3) is 0.250. The summed E-state index contributed by atoms with van der Waals surface area (Å²) in [5, 5.41) is 4.12. The average molecular weight is 449 g/mol. The summed E-state index contributed by atoms with van der Waals surface area (Å²) in [5.74, 6) is 0.372. The molecule has 0 fully saturated rings. The van der Waals surface area contributed by atoms with E-state index in [0.717, 1.165) is 21.7 Å². The molecule has 3 rings (SSSR count). The second-order valence-electron chi connectivity index (χ2n) is 6.94. The van der Waals surface area contributed by atoms with Gasteiger partial charge in [0.05, 0.1) is 29.1 Å². The molecule has 0 atom stereocenters. The van der Waals surface area contributed by atoms with Gasteiger partial charge in [-0.15, -0.1) is 0 Å². The van der Waals surface area contributed by atoms with Crippen LogP contribution in [0.4, 0.5) is 5.69 Å². The fourth-order valence-electron chi connectivity index (χ4n) is 2.77. The highest BCUT2D eigenvalue weighted by atomic mass is 35.5. The Bertz CT molecular complexity index is 1190. The standard InChI is InChI=1S/C20H21ClN4O4S/c1-13-6-5-7-14(10-13)19-22-18(29-23-19)12-24(2)20(26)16-9-8-15(11-17(16)21)25(3)30(4,27)28/h5-11H,12H2,1-4H3. The first-order valence-corrected chi connectivity index (χ1v) is 11.2. The van der Waals surface area contributed by atoms with Crippen LogP contribution >= 0.6 is 11.6 Å². The molecular weight excluding hydrogens is 428 g/mol. The van der Waals surface area contributed by atoms with Gasteiger partial charge in [-0.2, -0.15) is 4.98 Å². The lowest BCUT2D eigenvalue weighted by Crippen LogP contribution is -2.27. The van der Waals surface area contributed by atoms with Crippen LogP contribution in [0.15, 0.2) is 47.0 Å². The van der Waals surface area contributed by atoms with E-state index in [4.69, 9.17) is 16.1 Å². The summed E-state index contributed by atoms with van der Waals surface area (Å²) >= 11 is 6.24. The first-order chi connectivity index (χ1) is 14.1. The Morgan fingerprint density at radius 1 is 1.17 bits per heavy atom. The monoisotopic (exact) mass is 448 g/mol. The third kappa shape index (κ3) is 4.80. The number of anilines is 1. The van der Waals surface area contributed by atoms with E-state index in [2.05, 4.69) is 10.1 Å². The zero-order valence-corrected chi connectivity index (χ0v) is 18.5. The van der Waals surface area contributed by atoms with Crippen molar-refractivity contribution < 1.29 is 17.7 Å². The molecule has 158 valence electrons. The quantitative estimate of drug-likeness (QED) is 0.573. The molecule has 1 heterocycles. The van der Waals surface area contributed by atoms with Gasteiger partial charge < -0.3 is 9.42 Å². The zero-order valence-electron chi connectivity index (χ0n) is 17.0. The molecule has 0 radical (unpaired) electrons. The lowest BCUT2D eigenvalue weighted by Gasteiger charge is -2.19. The van der Waals surface area contributed by atoms with Crippen LogP contribution in [0.5, 0.6) is 0 Å². The van der Waals surface area contributed by atoms with Crippen LogP contribution in [-0.4, -0.2) is 49.7 Å². The number of carbonyl (C=O) groups is 1. The highest BCUT2D eigenvalue weighted by Gasteiger charge is 2.20. The molecule has 0 aliphatic carbocycles. The first kappa shape index (κ1) is 21.8. The van der Waals surface area contributed by atoms with Crippen molar-refractivity contribution in [1.29, 1.82) is 0 Å². The molecule has 10 heteroatoms. The molecule has 0 bridgehead atoms. The maximum atomic E-state index is 12.8. The number of nitrogens with zero attached hydrogens (tertiary/aromatic N) is 4. The average Bonchev–Trinajstić information content (AvgIpc) is 3.14. The molecule has 1 aromatic heterocycles. The maximum absolute atomic E-state index is 12.8. The van der Waals surface area contributed by atoms with Crippen LogP contribution in [0.2, 0.25) is 5.02 Å². The predicted molar refractivity (Wildman–Crippen MR) is 115 cm³/mol. The van der Waals surface area contributed by atoms with E-state index in [1.54, 1.807) is 7.05 Å². The van der Waals surface area contributed by atoms with Gasteiger partial charge in [0, 0.05) is 19.7 Å². The summed E-state index contributed by atoms with van der Waals surface area (Å²) in [4.78, 5) is 18.5. The number of hydrogen-bond acceptors (Lipinski definition) is 6. The van der Waals surface area contributed by atoms with Gasteiger partial charge in [0.2, 0.25) is 21.7 Å². The number of aryl methyl sites for hydroxylation is 1. The SMILES string of the molecule is Cc1cccc(-c2noc(CN(C)C(=O)c3ccc(N(C)S(C)(=O)=O)cc3Cl)n2)c1. The lowest BCUT2D eigenvalue weighted by atomic mass is 10.1. The van der Waals surface area contributed by atoms with Crippen LogP contribution in [0.1, 0.15) is 21.8 Å². The second-order valence-corrected chi connectivity index (χ2v) is 9.36. The van der Waals surface area contributed by atoms with Gasteiger partial charge >= 0.3 is 0 Å². The van der Waals surface area contributed by atoms with Crippen LogP contribution in [0, 0.1) is 6.92 Å². The number of halogens is 1. The minimum atomic E-state index is -3.43. The zero-order chi connectivity index (χ0) is 22.1. The topological polar surface area (TPSA) is 96.6 Å². The molecular formula is C20H21ClN4O4S. The number of sulfonamides is 1. The Morgan fingerprint density at radius 3 is 2.53 bits per heavy atom. The van der Waals surface area contributed by atoms with E-state index in [9.17, 15) is 13.2 Å². The van der Waals surface area contributed by atoms with Crippen molar-refractivity contribution in [3.8, 4) is 11.4 Å². The molecule has 30 heavy (non-hydrogen) atoms. The van der Waals surface area contributed by atoms with E-state index in [1.165, 1.54) is 30.1 Å². The van der Waals surface area contributed by atoms with Crippen LogP contribution in [0.25, 0.3) is 11.4 Å². The number of benzene rings is 2. The van der Waals surface area contributed by atoms with E-state index in [-0.39, 0.29) is 28.9 Å². The van der Waals surface area contributed by atoms with E-state index < -0.39 is 10.0 Å². The van der Waals surface area contributed by atoms with Gasteiger partial charge in [-0.25, -0.2) is 8.42 Å². The van der Waals surface area contributed by atoms with Crippen molar-refractivity contribution in [1.82, 2.24) is 15.0 Å². The van der Waals surface area contributed by atoms with E-state index >= 15 is 0 Å². The molecule has 0 saturated carbocycles. The third-order valence-corrected chi connectivity index (χ3v) is 6.03. The van der Waals surface area contributed by atoms with Gasteiger partial charge in [0.1, 0.15) is 0 Å². The molecule has 1 amide bonds. The smallest absolute Gasteiger partial charge is 0.255 e. The minimum absolute atomic E-state index is 0.0962. The normalized spacial score (nSPS) is 11.4. The fourth-order valence-corrected chi connectivity index (χ4v) is 3.52. The summed E-state index contributed by atoms with van der Waals surface area (Å²) in [6, 6.07) is 12.2. The lowest BCUT2D eigenvalue weighted by molar-refractivity contribution is 0.0770. The number of aromatic nitrogens is 2. The third-order valence-electron chi connectivity index (χ3n) is 4.51. The number of hydrogen-bond donors (Lipinski definition) is 0. The maximum Gasteiger partial charge on any atom is 0.255 e. The molecule has 8 nitrogen and oxygen atoms in total. The van der Waals surface area contributed by atoms with Gasteiger partial charge in [-0.05, 0) is 31.2 Å². The molecule has 3 aromatic rings. The summed E-state index contributed by atoms with van der Waals surface area (Å²) in [5.41, 5.74) is 2.50. The summed E-state index contributed by atoms with van der Waals surface area (Å²) in [6.07, 6.45) is 1.09. The Morgan fingerprint density at radius 2 is 1.90 bits per heavy atom. The molecule has 0 N–H and O–H groups in total. The van der Waals surface area contributed by atoms with Gasteiger partial charge in [-0.3, -0.25) is 9.10 Å². The molecule has 0 unspecified atom stereocenters. The largest absolute Gasteiger partial charge is 0.337 e. The Hall–Kier alpha value is -2.91. The molecule has 0 saturated heterocycles. The molecule has 0 aliphatic heterocycles. The second kappa shape index (κ2) is 8.45. The summed E-state index contributed by atoms with van der Waals surface area (Å²) in [6.45, 7) is 2.07. The molecule has 0 spiro atoms. The van der Waals surface area contributed by atoms with E-state index in [0.29, 0.717) is 11.5 Å². The van der Waals surface area contributed by atoms with Crippen LogP contribution in [0.3, 0.4) is 0 Å². The van der Waals surface area contributed by atoms with Gasteiger partial charge in [-0.1, -0.05) is 40.5 Å². The summed E-state index contributed by atoms with van der Waals surface area (Å²) < 4.78 is 29.7. The van der Waals surface area contributed by atoms with Crippen molar-refractivity contribution in [2.45, 2.75) is 13.5 Å². The van der Waals surface area contributed by atoms with Crippen LogP contribution < -0.4 is 4.31 Å². The number of rotatable bonds is 6. The minimum Gasteiger partial charge on any atom is -0.337 e. The highest BCUT2D eigenvalue weighted by Crippen LogP contribution is 2.26. The number of carbonyl (C=O) groups excluding carboxylic acids is 1. The van der Waals surface area contributed by atoms with Gasteiger partial charge in [0.25, 0.3) is 5.91 Å². The highest BCUT2D eigenvalue weighted by molar-refractivity contribution is 7.92. The van der Waals surface area contributed by atoms with Crippen molar-refractivity contribution >= 4 is 33.2 Å². The Kier molecular flexibility index (Phi) is 6.14. The van der Waals surface area contributed by atoms with Crippen molar-refractivity contribution in [2.75, 3.05) is 24.7 Å². The molecule has 2 aromatic carbocycles. The molecule has 0 aliphatic rings. The van der Waals surface area contributed by atoms with Crippen molar-refractivity contribution in [3.05, 3.63) is 64.5 Å². The Labute approximate surface area is 180 Å². The predicted octanol–water partition coefficient (Wildman–Crippen LogP) is 3.37. The van der Waals surface area contributed by atoms with Gasteiger partial charge in [0.15, 0.2) is 0 Å². The van der Waals surface area contributed by atoms with Crippen LogP contribution in [-0.2, 0) is 16.6 Å². The number of amides is 1.